The molecule has 0 atom stereocenters. The number of carbonyl (C=O) groups excluding carboxylic acids is 1. The molecule has 0 saturated carbocycles. The standard InChI is InChI=1S/C12H12F2O3/c1-2-3-6-16-11-7-9(8-15)4-5-10(11)17-12(13)14/h2,4-5,7-8,12H,1,3,6H2. The molecule has 0 heterocycles. The summed E-state index contributed by atoms with van der Waals surface area (Å²) in [5.74, 6) is 0.0337. The van der Waals surface area contributed by atoms with Crippen LogP contribution in [0.15, 0.2) is 30.9 Å². The van der Waals surface area contributed by atoms with Crippen LogP contribution in [-0.2, 0) is 0 Å². The Morgan fingerprint density at radius 3 is 2.71 bits per heavy atom. The van der Waals surface area contributed by atoms with E-state index in [2.05, 4.69) is 11.3 Å². The van der Waals surface area contributed by atoms with Crippen molar-refractivity contribution in [2.24, 2.45) is 0 Å². The summed E-state index contributed by atoms with van der Waals surface area (Å²) in [6.45, 7) is 0.860. The number of ether oxygens (including phenoxy) is 2. The molecule has 1 aromatic rings. The van der Waals surface area contributed by atoms with E-state index in [9.17, 15) is 13.6 Å². The third-order valence-corrected chi connectivity index (χ3v) is 1.90. The Bertz CT molecular complexity index is 391. The molecule has 0 aliphatic rings. The summed E-state index contributed by atoms with van der Waals surface area (Å²) in [5, 5.41) is 0. The number of benzene rings is 1. The number of hydrogen-bond acceptors (Lipinski definition) is 3. The summed E-state index contributed by atoms with van der Waals surface area (Å²) < 4.78 is 33.7. The van der Waals surface area contributed by atoms with Gasteiger partial charge < -0.3 is 9.47 Å². The van der Waals surface area contributed by atoms with Gasteiger partial charge in [0.2, 0.25) is 0 Å². The van der Waals surface area contributed by atoms with E-state index in [0.29, 0.717) is 18.3 Å². The second-order valence-corrected chi connectivity index (χ2v) is 3.13. The summed E-state index contributed by atoms with van der Waals surface area (Å²) in [6.07, 6.45) is 2.81. The second-order valence-electron chi connectivity index (χ2n) is 3.13. The number of carbonyl (C=O) groups is 1. The van der Waals surface area contributed by atoms with Crippen molar-refractivity contribution in [2.75, 3.05) is 6.61 Å². The monoisotopic (exact) mass is 242 g/mol. The van der Waals surface area contributed by atoms with E-state index in [1.807, 2.05) is 0 Å². The van der Waals surface area contributed by atoms with E-state index >= 15 is 0 Å². The number of alkyl halides is 2. The Hall–Kier alpha value is -1.91. The fourth-order valence-corrected chi connectivity index (χ4v) is 1.16. The van der Waals surface area contributed by atoms with Crippen LogP contribution in [0.4, 0.5) is 8.78 Å². The van der Waals surface area contributed by atoms with Crippen molar-refractivity contribution in [2.45, 2.75) is 13.0 Å². The molecule has 0 aliphatic carbocycles. The molecule has 0 N–H and O–H groups in total. The first-order valence-electron chi connectivity index (χ1n) is 4.95. The molecule has 17 heavy (non-hydrogen) atoms. The molecular weight excluding hydrogens is 230 g/mol. The zero-order valence-electron chi connectivity index (χ0n) is 9.07. The van der Waals surface area contributed by atoms with E-state index in [-0.39, 0.29) is 18.1 Å². The summed E-state index contributed by atoms with van der Waals surface area (Å²) in [6, 6.07) is 4.01. The number of hydrogen-bond donors (Lipinski definition) is 0. The van der Waals surface area contributed by atoms with Gasteiger partial charge in [-0.2, -0.15) is 8.78 Å². The minimum Gasteiger partial charge on any atom is -0.489 e. The first kappa shape index (κ1) is 13.2. The van der Waals surface area contributed by atoms with Gasteiger partial charge in [0.05, 0.1) is 6.61 Å². The highest BCUT2D eigenvalue weighted by Crippen LogP contribution is 2.29. The van der Waals surface area contributed by atoms with Crippen LogP contribution < -0.4 is 9.47 Å². The molecule has 0 bridgehead atoms. The fraction of sp³-hybridized carbons (Fsp3) is 0.250. The highest BCUT2D eigenvalue weighted by atomic mass is 19.3. The first-order valence-corrected chi connectivity index (χ1v) is 4.95. The Labute approximate surface area is 97.7 Å². The maximum Gasteiger partial charge on any atom is 0.387 e. The number of rotatable bonds is 7. The molecule has 0 aromatic heterocycles. The lowest BCUT2D eigenvalue weighted by molar-refractivity contribution is -0.0514. The summed E-state index contributed by atoms with van der Waals surface area (Å²) in [7, 11) is 0. The zero-order chi connectivity index (χ0) is 12.7. The molecule has 0 spiro atoms. The lowest BCUT2D eigenvalue weighted by atomic mass is 10.2. The molecule has 0 saturated heterocycles. The maximum atomic E-state index is 12.1. The van der Waals surface area contributed by atoms with Crippen LogP contribution >= 0.6 is 0 Å². The molecule has 0 unspecified atom stereocenters. The van der Waals surface area contributed by atoms with E-state index in [1.165, 1.54) is 18.2 Å². The van der Waals surface area contributed by atoms with Gasteiger partial charge in [-0.15, -0.1) is 6.58 Å². The van der Waals surface area contributed by atoms with Crippen molar-refractivity contribution in [1.29, 1.82) is 0 Å². The minimum absolute atomic E-state index is 0.0883. The average Bonchev–Trinajstić information content (AvgIpc) is 2.30. The number of halogens is 2. The van der Waals surface area contributed by atoms with Gasteiger partial charge in [-0.25, -0.2) is 0 Å². The molecular formula is C12H12F2O3. The summed E-state index contributed by atoms with van der Waals surface area (Å²) >= 11 is 0. The van der Waals surface area contributed by atoms with Gasteiger partial charge in [-0.1, -0.05) is 6.08 Å². The van der Waals surface area contributed by atoms with Crippen LogP contribution in [0, 0.1) is 0 Å². The lowest BCUT2D eigenvalue weighted by Gasteiger charge is -2.11. The third-order valence-electron chi connectivity index (χ3n) is 1.90. The molecule has 0 amide bonds. The van der Waals surface area contributed by atoms with Crippen LogP contribution in [-0.4, -0.2) is 19.5 Å². The Balaban J connectivity index is 2.85. The van der Waals surface area contributed by atoms with E-state index in [0.717, 1.165) is 0 Å². The van der Waals surface area contributed by atoms with Crippen LogP contribution in [0.1, 0.15) is 16.8 Å². The zero-order valence-corrected chi connectivity index (χ0v) is 9.07. The molecule has 0 aliphatic heterocycles. The van der Waals surface area contributed by atoms with Crippen LogP contribution in [0.2, 0.25) is 0 Å². The largest absolute Gasteiger partial charge is 0.489 e. The molecule has 0 fully saturated rings. The Morgan fingerprint density at radius 2 is 2.12 bits per heavy atom. The minimum atomic E-state index is -2.93. The predicted octanol–water partition coefficient (Wildman–Crippen LogP) is 3.06. The summed E-state index contributed by atoms with van der Waals surface area (Å²) in [4.78, 5) is 10.6. The van der Waals surface area contributed by atoms with Gasteiger partial charge in [0.25, 0.3) is 0 Å². The molecule has 92 valence electrons. The Morgan fingerprint density at radius 1 is 1.35 bits per heavy atom. The van der Waals surface area contributed by atoms with Gasteiger partial charge in [0.1, 0.15) is 6.29 Å². The van der Waals surface area contributed by atoms with Gasteiger partial charge in [-0.05, 0) is 24.6 Å². The molecule has 1 aromatic carbocycles. The van der Waals surface area contributed by atoms with Crippen molar-refractivity contribution in [1.82, 2.24) is 0 Å². The highest BCUT2D eigenvalue weighted by molar-refractivity contribution is 5.76. The van der Waals surface area contributed by atoms with Gasteiger partial charge in [-0.3, -0.25) is 4.79 Å². The second kappa shape index (κ2) is 6.62. The molecule has 5 heteroatoms. The Kier molecular flexibility index (Phi) is 5.13. The van der Waals surface area contributed by atoms with Crippen molar-refractivity contribution in [3.63, 3.8) is 0 Å². The first-order chi connectivity index (χ1) is 8.17. The maximum absolute atomic E-state index is 12.1. The van der Waals surface area contributed by atoms with Crippen molar-refractivity contribution in [3.05, 3.63) is 36.4 Å². The molecule has 3 nitrogen and oxygen atoms in total. The van der Waals surface area contributed by atoms with E-state index in [4.69, 9.17) is 4.74 Å². The van der Waals surface area contributed by atoms with Crippen molar-refractivity contribution >= 4 is 6.29 Å². The fourth-order valence-electron chi connectivity index (χ4n) is 1.16. The van der Waals surface area contributed by atoms with Gasteiger partial charge >= 0.3 is 6.61 Å². The predicted molar refractivity (Wildman–Crippen MR) is 58.8 cm³/mol. The van der Waals surface area contributed by atoms with Crippen molar-refractivity contribution in [3.8, 4) is 11.5 Å². The van der Waals surface area contributed by atoms with Crippen molar-refractivity contribution < 1.29 is 23.0 Å². The quantitative estimate of drug-likeness (QED) is 0.419. The van der Waals surface area contributed by atoms with Crippen LogP contribution in [0.25, 0.3) is 0 Å². The SMILES string of the molecule is C=CCCOc1cc(C=O)ccc1OC(F)F. The van der Waals surface area contributed by atoms with Gasteiger partial charge in [0, 0.05) is 5.56 Å². The highest BCUT2D eigenvalue weighted by Gasteiger charge is 2.11. The average molecular weight is 242 g/mol. The van der Waals surface area contributed by atoms with Crippen LogP contribution in [0.3, 0.4) is 0 Å². The van der Waals surface area contributed by atoms with E-state index in [1.54, 1.807) is 6.08 Å². The number of aldehydes is 1. The van der Waals surface area contributed by atoms with Crippen LogP contribution in [0.5, 0.6) is 11.5 Å². The van der Waals surface area contributed by atoms with E-state index < -0.39 is 6.61 Å². The van der Waals surface area contributed by atoms with Gasteiger partial charge in [0.15, 0.2) is 11.5 Å². The third kappa shape index (κ3) is 4.22. The normalized spacial score (nSPS) is 10.1. The topological polar surface area (TPSA) is 35.5 Å². The molecule has 0 radical (unpaired) electrons. The summed E-state index contributed by atoms with van der Waals surface area (Å²) in [5.41, 5.74) is 0.334. The lowest BCUT2D eigenvalue weighted by Crippen LogP contribution is -2.05. The molecule has 1 rings (SSSR count). The smallest absolute Gasteiger partial charge is 0.387 e.